The third-order valence-corrected chi connectivity index (χ3v) is 11.0. The van der Waals surface area contributed by atoms with Gasteiger partial charge in [0.1, 0.15) is 0 Å². The second-order valence-electron chi connectivity index (χ2n) is 14.2. The maximum Gasteiger partial charge on any atom is 0.160 e. The van der Waals surface area contributed by atoms with Gasteiger partial charge in [-0.3, -0.25) is 0 Å². The zero-order chi connectivity index (χ0) is 36.3. The van der Waals surface area contributed by atoms with Crippen molar-refractivity contribution in [1.82, 2.24) is 14.5 Å². The second kappa shape index (κ2) is 12.6. The zero-order valence-corrected chi connectivity index (χ0v) is 29.9. The lowest BCUT2D eigenvalue weighted by atomic mass is 9.92. The molecule has 0 radical (unpaired) electrons. The number of hydrogen-bond donors (Lipinski definition) is 0. The lowest BCUT2D eigenvalue weighted by Gasteiger charge is -2.15. The smallest absolute Gasteiger partial charge is 0.160 e. The molecule has 0 unspecified atom stereocenters. The highest BCUT2D eigenvalue weighted by Crippen LogP contribution is 2.41. The molecule has 0 aliphatic rings. The van der Waals surface area contributed by atoms with Crippen LogP contribution in [-0.2, 0) is 0 Å². The topological polar surface area (TPSA) is 30.7 Å². The number of benzene rings is 9. The van der Waals surface area contributed by atoms with Crippen molar-refractivity contribution < 1.29 is 0 Å². The summed E-state index contributed by atoms with van der Waals surface area (Å²) >= 11 is 0. The molecule has 0 spiro atoms. The van der Waals surface area contributed by atoms with Crippen LogP contribution < -0.4 is 0 Å². The summed E-state index contributed by atoms with van der Waals surface area (Å²) in [6, 6.07) is 71.6. The first kappa shape index (κ1) is 31.2. The molecule has 3 heteroatoms. The number of rotatable bonds is 5. The lowest BCUT2D eigenvalue weighted by Crippen LogP contribution is -1.96. The van der Waals surface area contributed by atoms with E-state index in [0.29, 0.717) is 5.82 Å². The van der Waals surface area contributed by atoms with E-state index in [4.69, 9.17) is 9.97 Å². The molecule has 256 valence electrons. The Labute approximate surface area is 318 Å². The fourth-order valence-corrected chi connectivity index (χ4v) is 8.37. The normalized spacial score (nSPS) is 11.6. The van der Waals surface area contributed by atoms with Crippen LogP contribution in [0, 0.1) is 0 Å². The molecule has 3 nitrogen and oxygen atoms in total. The number of para-hydroxylation sites is 1. The van der Waals surface area contributed by atoms with Gasteiger partial charge < -0.3 is 4.57 Å². The monoisotopic (exact) mass is 699 g/mol. The summed E-state index contributed by atoms with van der Waals surface area (Å²) in [7, 11) is 0. The summed E-state index contributed by atoms with van der Waals surface area (Å²) in [6.07, 6.45) is 0. The van der Waals surface area contributed by atoms with Crippen molar-refractivity contribution in [2.75, 3.05) is 0 Å². The summed E-state index contributed by atoms with van der Waals surface area (Å²) in [5.74, 6) is 0.715. The van der Waals surface area contributed by atoms with Gasteiger partial charge in [-0.2, -0.15) is 0 Å². The highest BCUT2D eigenvalue weighted by atomic mass is 15.0. The fourth-order valence-electron chi connectivity index (χ4n) is 8.37. The van der Waals surface area contributed by atoms with E-state index >= 15 is 0 Å². The van der Waals surface area contributed by atoms with E-state index in [-0.39, 0.29) is 0 Å². The molecule has 0 fully saturated rings. The highest BCUT2D eigenvalue weighted by Gasteiger charge is 2.17. The van der Waals surface area contributed by atoms with Gasteiger partial charge in [0.05, 0.1) is 22.4 Å². The van der Waals surface area contributed by atoms with Crippen LogP contribution in [0.3, 0.4) is 0 Å². The van der Waals surface area contributed by atoms with Gasteiger partial charge in [-0.25, -0.2) is 9.97 Å². The Morgan fingerprint density at radius 1 is 0.273 bits per heavy atom. The van der Waals surface area contributed by atoms with Crippen molar-refractivity contribution in [1.29, 1.82) is 0 Å². The van der Waals surface area contributed by atoms with Crippen LogP contribution in [0.5, 0.6) is 0 Å². The minimum absolute atomic E-state index is 0.715. The second-order valence-corrected chi connectivity index (χ2v) is 14.2. The molecule has 11 rings (SSSR count). The molecule has 0 bridgehead atoms. The first-order valence-corrected chi connectivity index (χ1v) is 18.7. The molecular formula is C52H33N3. The zero-order valence-electron chi connectivity index (χ0n) is 29.9. The average molecular weight is 700 g/mol. The molecule has 0 N–H and O–H groups in total. The van der Waals surface area contributed by atoms with E-state index in [1.54, 1.807) is 0 Å². The van der Waals surface area contributed by atoms with Gasteiger partial charge in [0.15, 0.2) is 5.82 Å². The number of aromatic nitrogens is 3. The molecule has 0 amide bonds. The molecule has 0 saturated heterocycles. The van der Waals surface area contributed by atoms with Gasteiger partial charge in [-0.15, -0.1) is 0 Å². The van der Waals surface area contributed by atoms with E-state index in [1.807, 2.05) is 24.3 Å². The molecule has 11 aromatic rings. The third-order valence-electron chi connectivity index (χ3n) is 11.0. The van der Waals surface area contributed by atoms with Crippen molar-refractivity contribution in [3.63, 3.8) is 0 Å². The van der Waals surface area contributed by atoms with Crippen LogP contribution in [-0.4, -0.2) is 14.5 Å². The highest BCUT2D eigenvalue weighted by molar-refractivity contribution is 6.26. The minimum Gasteiger partial charge on any atom is -0.309 e. The molecular weight excluding hydrogens is 667 g/mol. The fraction of sp³-hybridized carbons (Fsp3) is 0. The van der Waals surface area contributed by atoms with Crippen LogP contribution >= 0.6 is 0 Å². The summed E-state index contributed by atoms with van der Waals surface area (Å²) < 4.78 is 2.42. The van der Waals surface area contributed by atoms with Crippen LogP contribution in [0.25, 0.3) is 105 Å². The Morgan fingerprint density at radius 2 is 0.764 bits per heavy atom. The van der Waals surface area contributed by atoms with Gasteiger partial charge >= 0.3 is 0 Å². The summed E-state index contributed by atoms with van der Waals surface area (Å²) in [6.45, 7) is 0. The van der Waals surface area contributed by atoms with Gasteiger partial charge in [-0.1, -0.05) is 158 Å². The van der Waals surface area contributed by atoms with Crippen molar-refractivity contribution >= 4 is 54.1 Å². The lowest BCUT2D eigenvalue weighted by molar-refractivity contribution is 1.18. The van der Waals surface area contributed by atoms with E-state index < -0.39 is 0 Å². The number of hydrogen-bond acceptors (Lipinski definition) is 2. The molecule has 55 heavy (non-hydrogen) atoms. The molecule has 2 aromatic heterocycles. The van der Waals surface area contributed by atoms with Gasteiger partial charge in [0, 0.05) is 33.2 Å². The van der Waals surface area contributed by atoms with Crippen LogP contribution in [0.1, 0.15) is 0 Å². The predicted molar refractivity (Wildman–Crippen MR) is 231 cm³/mol. The predicted octanol–water partition coefficient (Wildman–Crippen LogP) is 13.7. The molecule has 0 aliphatic heterocycles. The largest absolute Gasteiger partial charge is 0.309 e. The molecule has 9 aromatic carbocycles. The Bertz CT molecular complexity index is 3180. The first-order valence-electron chi connectivity index (χ1n) is 18.7. The quantitative estimate of drug-likeness (QED) is 0.167. The average Bonchev–Trinajstić information content (AvgIpc) is 3.60. The van der Waals surface area contributed by atoms with E-state index in [0.717, 1.165) is 33.8 Å². The van der Waals surface area contributed by atoms with Crippen LogP contribution in [0.15, 0.2) is 200 Å². The van der Waals surface area contributed by atoms with Crippen molar-refractivity contribution in [2.45, 2.75) is 0 Å². The maximum atomic E-state index is 5.17. The maximum absolute atomic E-state index is 5.17. The van der Waals surface area contributed by atoms with Crippen LogP contribution in [0.2, 0.25) is 0 Å². The number of fused-ring (bicyclic) bond motifs is 9. The Hall–Kier alpha value is -7.36. The molecule has 2 heterocycles. The van der Waals surface area contributed by atoms with Gasteiger partial charge in [-0.05, 0) is 85.9 Å². The van der Waals surface area contributed by atoms with E-state index in [2.05, 4.69) is 180 Å². The number of nitrogens with zero attached hydrogens (tertiary/aromatic N) is 3. The first-order chi connectivity index (χ1) is 27.3. The standard InChI is InChI=1S/C52H33N3/c1-4-14-34(15-5-1)37-25-29-51-47(30-37)44-22-12-13-23-50(44)55(51)39-26-28-42-40-20-10-11-21-41(40)45-31-38(24-27-43(45)46(42)32-39)49-33-48(35-16-6-2-7-17-35)53-52(54-49)36-18-8-3-9-19-36/h1-33H. The molecule has 0 atom stereocenters. The van der Waals surface area contributed by atoms with Gasteiger partial charge in [0.2, 0.25) is 0 Å². The van der Waals surface area contributed by atoms with Crippen molar-refractivity contribution in [3.8, 4) is 50.7 Å². The van der Waals surface area contributed by atoms with Gasteiger partial charge in [0.25, 0.3) is 0 Å². The van der Waals surface area contributed by atoms with Crippen molar-refractivity contribution in [2.24, 2.45) is 0 Å². The minimum atomic E-state index is 0.715. The van der Waals surface area contributed by atoms with Crippen LogP contribution in [0.4, 0.5) is 0 Å². The Morgan fingerprint density at radius 3 is 1.51 bits per heavy atom. The van der Waals surface area contributed by atoms with E-state index in [1.165, 1.54) is 65.3 Å². The van der Waals surface area contributed by atoms with E-state index in [9.17, 15) is 0 Å². The summed E-state index contributed by atoms with van der Waals surface area (Å²) in [5, 5.41) is 9.85. The summed E-state index contributed by atoms with van der Waals surface area (Å²) in [5.41, 5.74) is 10.9. The Kier molecular flexibility index (Phi) is 7.17. The Balaban J connectivity index is 1.13. The van der Waals surface area contributed by atoms with Crippen molar-refractivity contribution in [3.05, 3.63) is 200 Å². The SMILES string of the molecule is c1ccc(-c2ccc3c(c2)c2ccccc2n3-c2ccc3c4ccccc4c4cc(-c5cc(-c6ccccc6)nc(-c6ccccc6)n5)ccc4c3c2)cc1. The molecule has 0 saturated carbocycles. The third kappa shape index (κ3) is 5.20. The molecule has 0 aliphatic carbocycles. The summed E-state index contributed by atoms with van der Waals surface area (Å²) in [4.78, 5) is 10.2.